The summed E-state index contributed by atoms with van der Waals surface area (Å²) >= 11 is 0. The molecule has 0 saturated heterocycles. The average molecular weight is 265 g/mol. The second-order valence-corrected chi connectivity index (χ2v) is 4.64. The van der Waals surface area contributed by atoms with Crippen molar-refractivity contribution in [3.05, 3.63) is 17.0 Å². The zero-order valence-electron chi connectivity index (χ0n) is 10.6. The minimum atomic E-state index is -0.476. The number of nitrogens with zero attached hydrogens (tertiary/aromatic N) is 4. The number of urea groups is 1. The number of fused-ring (bicyclic) bond motifs is 3. The van der Waals surface area contributed by atoms with E-state index in [9.17, 15) is 9.59 Å². The van der Waals surface area contributed by atoms with Gasteiger partial charge in [0.25, 0.3) is 5.91 Å². The van der Waals surface area contributed by atoms with Crippen LogP contribution in [0.3, 0.4) is 0 Å². The van der Waals surface area contributed by atoms with Crippen molar-refractivity contribution in [2.75, 3.05) is 20.2 Å². The van der Waals surface area contributed by atoms with Crippen molar-refractivity contribution in [2.24, 2.45) is 5.73 Å². The third-order valence-electron chi connectivity index (χ3n) is 3.49. The van der Waals surface area contributed by atoms with Crippen LogP contribution in [0.4, 0.5) is 4.79 Å². The van der Waals surface area contributed by atoms with E-state index in [0.29, 0.717) is 38.4 Å². The van der Waals surface area contributed by atoms with E-state index < -0.39 is 6.03 Å². The van der Waals surface area contributed by atoms with E-state index in [1.165, 1.54) is 9.96 Å². The Morgan fingerprint density at radius 1 is 1.42 bits per heavy atom. The van der Waals surface area contributed by atoms with Gasteiger partial charge in [0.15, 0.2) is 0 Å². The number of hydrogen-bond acceptors (Lipinski definition) is 4. The van der Waals surface area contributed by atoms with Gasteiger partial charge in [0.2, 0.25) is 0 Å². The maximum absolute atomic E-state index is 12.3. The smallest absolute Gasteiger partial charge is 0.315 e. The SMILES string of the molecule is CN1OCCn2nc3c(c2C1=O)CN(C(N)=O)CC3. The third-order valence-corrected chi connectivity index (χ3v) is 3.49. The van der Waals surface area contributed by atoms with Gasteiger partial charge in [0.05, 0.1) is 25.4 Å². The number of rotatable bonds is 0. The molecule has 0 saturated carbocycles. The topological polar surface area (TPSA) is 93.7 Å². The van der Waals surface area contributed by atoms with E-state index in [1.54, 1.807) is 11.7 Å². The van der Waals surface area contributed by atoms with Gasteiger partial charge in [-0.15, -0.1) is 0 Å². The summed E-state index contributed by atoms with van der Waals surface area (Å²) in [5.41, 5.74) is 7.46. The van der Waals surface area contributed by atoms with Gasteiger partial charge >= 0.3 is 6.03 Å². The van der Waals surface area contributed by atoms with E-state index in [4.69, 9.17) is 10.6 Å². The molecule has 0 fully saturated rings. The molecular weight excluding hydrogens is 250 g/mol. The predicted molar refractivity (Wildman–Crippen MR) is 64.0 cm³/mol. The summed E-state index contributed by atoms with van der Waals surface area (Å²) in [6, 6.07) is -0.476. The summed E-state index contributed by atoms with van der Waals surface area (Å²) in [7, 11) is 1.58. The van der Waals surface area contributed by atoms with Gasteiger partial charge in [-0.2, -0.15) is 5.10 Å². The molecule has 3 rings (SSSR count). The van der Waals surface area contributed by atoms with E-state index in [-0.39, 0.29) is 5.91 Å². The Morgan fingerprint density at radius 2 is 2.21 bits per heavy atom. The maximum Gasteiger partial charge on any atom is 0.315 e. The lowest BCUT2D eigenvalue weighted by atomic mass is 10.1. The van der Waals surface area contributed by atoms with Crippen molar-refractivity contribution >= 4 is 11.9 Å². The van der Waals surface area contributed by atoms with Crippen LogP contribution in [0.1, 0.15) is 21.7 Å². The Kier molecular flexibility index (Phi) is 2.67. The summed E-state index contributed by atoms with van der Waals surface area (Å²) in [4.78, 5) is 30.3. The largest absolute Gasteiger partial charge is 0.351 e. The monoisotopic (exact) mass is 265 g/mol. The van der Waals surface area contributed by atoms with Crippen LogP contribution in [-0.2, 0) is 24.3 Å². The van der Waals surface area contributed by atoms with Crippen molar-refractivity contribution < 1.29 is 14.4 Å². The van der Waals surface area contributed by atoms with E-state index in [0.717, 1.165) is 11.3 Å². The summed E-state index contributed by atoms with van der Waals surface area (Å²) in [6.07, 6.45) is 0.621. The first kappa shape index (κ1) is 12.0. The molecule has 2 aliphatic heterocycles. The molecule has 3 heterocycles. The highest BCUT2D eigenvalue weighted by Gasteiger charge is 2.32. The van der Waals surface area contributed by atoms with Gasteiger partial charge in [-0.3, -0.25) is 14.3 Å². The molecule has 2 N–H and O–H groups in total. The van der Waals surface area contributed by atoms with Gasteiger partial charge in [0.1, 0.15) is 5.69 Å². The fraction of sp³-hybridized carbons (Fsp3) is 0.545. The molecule has 1 aromatic rings. The van der Waals surface area contributed by atoms with Crippen LogP contribution in [0.15, 0.2) is 0 Å². The lowest BCUT2D eigenvalue weighted by Crippen LogP contribution is -2.40. The van der Waals surface area contributed by atoms with Crippen LogP contribution in [-0.4, -0.2) is 51.9 Å². The normalized spacial score (nSPS) is 18.9. The highest BCUT2D eigenvalue weighted by Crippen LogP contribution is 2.24. The van der Waals surface area contributed by atoms with Crippen LogP contribution in [0.5, 0.6) is 0 Å². The minimum Gasteiger partial charge on any atom is -0.351 e. The maximum atomic E-state index is 12.3. The number of carbonyl (C=O) groups excluding carboxylic acids is 2. The Bertz CT molecular complexity index is 553. The number of carbonyl (C=O) groups is 2. The molecule has 8 heteroatoms. The second-order valence-electron chi connectivity index (χ2n) is 4.64. The van der Waals surface area contributed by atoms with Crippen molar-refractivity contribution in [1.82, 2.24) is 19.7 Å². The van der Waals surface area contributed by atoms with E-state index in [1.807, 2.05) is 0 Å². The summed E-state index contributed by atoms with van der Waals surface area (Å²) in [5.74, 6) is -0.238. The number of aromatic nitrogens is 2. The van der Waals surface area contributed by atoms with Gasteiger partial charge < -0.3 is 10.6 Å². The summed E-state index contributed by atoms with van der Waals surface area (Å²) in [5, 5.41) is 5.65. The molecule has 0 spiro atoms. The second kappa shape index (κ2) is 4.23. The Hall–Kier alpha value is -2.09. The first-order valence-corrected chi connectivity index (χ1v) is 6.12. The zero-order chi connectivity index (χ0) is 13.6. The van der Waals surface area contributed by atoms with Crippen molar-refractivity contribution in [2.45, 2.75) is 19.5 Å². The molecule has 0 aromatic carbocycles. The van der Waals surface area contributed by atoms with Gasteiger partial charge in [0, 0.05) is 25.6 Å². The van der Waals surface area contributed by atoms with Crippen LogP contribution in [0, 0.1) is 0 Å². The lowest BCUT2D eigenvalue weighted by molar-refractivity contribution is -0.103. The number of amides is 3. The molecule has 19 heavy (non-hydrogen) atoms. The molecule has 0 aliphatic carbocycles. The predicted octanol–water partition coefficient (Wildman–Crippen LogP) is -0.663. The van der Waals surface area contributed by atoms with E-state index in [2.05, 4.69) is 5.10 Å². The van der Waals surface area contributed by atoms with Crippen LogP contribution in [0.2, 0.25) is 0 Å². The van der Waals surface area contributed by atoms with Crippen molar-refractivity contribution in [3.63, 3.8) is 0 Å². The summed E-state index contributed by atoms with van der Waals surface area (Å²) < 4.78 is 1.67. The molecule has 0 atom stereocenters. The fourth-order valence-electron chi connectivity index (χ4n) is 2.49. The zero-order valence-corrected chi connectivity index (χ0v) is 10.6. The first-order valence-electron chi connectivity index (χ1n) is 6.12. The van der Waals surface area contributed by atoms with Gasteiger partial charge in [-0.05, 0) is 0 Å². The molecule has 3 amide bonds. The minimum absolute atomic E-state index is 0.238. The van der Waals surface area contributed by atoms with Crippen molar-refractivity contribution in [3.8, 4) is 0 Å². The highest BCUT2D eigenvalue weighted by atomic mass is 16.7. The molecular formula is C11H15N5O3. The van der Waals surface area contributed by atoms with Crippen LogP contribution in [0.25, 0.3) is 0 Å². The number of nitrogens with two attached hydrogens (primary N) is 1. The molecule has 8 nitrogen and oxygen atoms in total. The quantitative estimate of drug-likeness (QED) is 0.673. The molecule has 102 valence electrons. The summed E-state index contributed by atoms with van der Waals surface area (Å²) in [6.45, 7) is 1.79. The standard InChI is InChI=1S/C11H15N5O3/c1-14-10(17)9-7-6-15(11(12)18)3-2-8(7)13-16(9)4-5-19-14/h2-6H2,1H3,(H2,12,18). The molecule has 2 aliphatic rings. The Morgan fingerprint density at radius 3 is 2.95 bits per heavy atom. The number of primary amides is 1. The highest BCUT2D eigenvalue weighted by molar-refractivity contribution is 5.93. The number of hydrogen-bond donors (Lipinski definition) is 1. The van der Waals surface area contributed by atoms with Crippen LogP contribution >= 0.6 is 0 Å². The molecule has 0 bridgehead atoms. The van der Waals surface area contributed by atoms with Gasteiger partial charge in [-0.25, -0.2) is 9.86 Å². The molecule has 0 radical (unpaired) electrons. The Labute approximate surface area is 109 Å². The average Bonchev–Trinajstić information content (AvgIpc) is 2.68. The number of hydroxylamine groups is 2. The lowest BCUT2D eigenvalue weighted by Gasteiger charge is -2.25. The fourth-order valence-corrected chi connectivity index (χ4v) is 2.49. The first-order chi connectivity index (χ1) is 9.08. The van der Waals surface area contributed by atoms with E-state index >= 15 is 0 Å². The molecule has 0 unspecified atom stereocenters. The third kappa shape index (κ3) is 1.84. The van der Waals surface area contributed by atoms with Gasteiger partial charge in [-0.1, -0.05) is 0 Å². The van der Waals surface area contributed by atoms with Crippen LogP contribution < -0.4 is 5.73 Å². The molecule has 1 aromatic heterocycles. The Balaban J connectivity index is 2.04. The van der Waals surface area contributed by atoms with Crippen molar-refractivity contribution in [1.29, 1.82) is 0 Å².